The molecule has 0 saturated carbocycles. The number of anilines is 1. The minimum atomic E-state index is -4.33. The van der Waals surface area contributed by atoms with Crippen molar-refractivity contribution in [3.63, 3.8) is 0 Å². The van der Waals surface area contributed by atoms with Crippen LogP contribution in [0.25, 0.3) is 0 Å². The van der Waals surface area contributed by atoms with E-state index in [2.05, 4.69) is 15.0 Å². The molecule has 0 amide bonds. The first-order valence-corrected chi connectivity index (χ1v) is 6.75. The van der Waals surface area contributed by atoms with Gasteiger partial charge in [-0.15, -0.1) is 11.3 Å². The molecule has 0 spiro atoms. The molecule has 20 heavy (non-hydrogen) atoms. The van der Waals surface area contributed by atoms with Crippen LogP contribution in [0.4, 0.5) is 18.9 Å². The van der Waals surface area contributed by atoms with Crippen LogP contribution in [0.1, 0.15) is 10.7 Å². The summed E-state index contributed by atoms with van der Waals surface area (Å²) in [6, 6.07) is 6.43. The normalized spacial score (nSPS) is 11.4. The van der Waals surface area contributed by atoms with Crippen molar-refractivity contribution in [1.82, 2.24) is 4.98 Å². The number of alkyl halides is 3. The van der Waals surface area contributed by atoms with E-state index in [0.717, 1.165) is 10.7 Å². The lowest BCUT2D eigenvalue weighted by Crippen LogP contribution is -2.19. The van der Waals surface area contributed by atoms with Crippen LogP contribution in [-0.4, -0.2) is 17.8 Å². The Kier molecular flexibility index (Phi) is 4.49. The first kappa shape index (κ1) is 14.6. The van der Waals surface area contributed by atoms with Crippen LogP contribution in [-0.2, 0) is 6.54 Å². The van der Waals surface area contributed by atoms with E-state index in [4.69, 9.17) is 0 Å². The number of halogens is 3. The van der Waals surface area contributed by atoms with Crippen molar-refractivity contribution in [2.24, 2.45) is 0 Å². The molecular formula is C13H13F3N2OS. The Bertz CT molecular complexity index is 569. The molecule has 0 atom stereocenters. The molecule has 0 radical (unpaired) electrons. The highest BCUT2D eigenvalue weighted by Crippen LogP contribution is 2.21. The summed E-state index contributed by atoms with van der Waals surface area (Å²) in [5.41, 5.74) is 1.59. The predicted octanol–water partition coefficient (Wildman–Crippen LogP) is 4.00. The van der Waals surface area contributed by atoms with E-state index in [1.165, 1.54) is 12.1 Å². The molecule has 1 aromatic carbocycles. The van der Waals surface area contributed by atoms with Gasteiger partial charge in [0.05, 0.1) is 17.2 Å². The fraction of sp³-hybridized carbons (Fsp3) is 0.308. The maximum absolute atomic E-state index is 12.1. The van der Waals surface area contributed by atoms with Gasteiger partial charge in [-0.3, -0.25) is 0 Å². The van der Waals surface area contributed by atoms with Crippen molar-refractivity contribution in [2.45, 2.75) is 19.6 Å². The van der Waals surface area contributed by atoms with Gasteiger partial charge in [-0.05, 0) is 19.1 Å². The van der Waals surface area contributed by atoms with Crippen LogP contribution in [0.2, 0.25) is 0 Å². The van der Waals surface area contributed by atoms with Crippen molar-refractivity contribution in [2.75, 3.05) is 11.9 Å². The lowest BCUT2D eigenvalue weighted by molar-refractivity contribution is -0.153. The van der Waals surface area contributed by atoms with Crippen molar-refractivity contribution in [3.8, 4) is 5.75 Å². The number of rotatable bonds is 5. The highest BCUT2D eigenvalue weighted by molar-refractivity contribution is 7.09. The SMILES string of the molecule is Cc1nc(CNc2cccc(OCC(F)(F)F)c2)cs1. The molecule has 1 heterocycles. The molecule has 2 aromatic rings. The van der Waals surface area contributed by atoms with Crippen molar-refractivity contribution in [1.29, 1.82) is 0 Å². The Hall–Kier alpha value is -1.76. The zero-order valence-corrected chi connectivity index (χ0v) is 11.5. The molecule has 2 rings (SSSR count). The standard InChI is InChI=1S/C13H13F3N2OS/c1-9-18-11(7-20-9)6-17-10-3-2-4-12(5-10)19-8-13(14,15)16/h2-5,7,17H,6,8H2,1H3. The molecule has 3 nitrogen and oxygen atoms in total. The van der Waals surface area contributed by atoms with Crippen LogP contribution in [0.5, 0.6) is 5.75 Å². The Labute approximate surface area is 118 Å². The average Bonchev–Trinajstić information content (AvgIpc) is 2.80. The largest absolute Gasteiger partial charge is 0.484 e. The molecule has 0 bridgehead atoms. The quantitative estimate of drug-likeness (QED) is 0.906. The molecule has 1 N–H and O–H groups in total. The monoisotopic (exact) mass is 302 g/mol. The van der Waals surface area contributed by atoms with Crippen LogP contribution >= 0.6 is 11.3 Å². The third kappa shape index (κ3) is 4.73. The smallest absolute Gasteiger partial charge is 0.422 e. The van der Waals surface area contributed by atoms with Gasteiger partial charge in [0.1, 0.15) is 5.75 Å². The topological polar surface area (TPSA) is 34.2 Å². The van der Waals surface area contributed by atoms with E-state index in [-0.39, 0.29) is 5.75 Å². The van der Waals surface area contributed by atoms with Crippen molar-refractivity contribution >= 4 is 17.0 Å². The Morgan fingerprint density at radius 2 is 2.15 bits per heavy atom. The first-order chi connectivity index (χ1) is 9.42. The van der Waals surface area contributed by atoms with Crippen molar-refractivity contribution in [3.05, 3.63) is 40.3 Å². The zero-order valence-electron chi connectivity index (χ0n) is 10.7. The average molecular weight is 302 g/mol. The molecule has 0 aliphatic carbocycles. The second-order valence-corrected chi connectivity index (χ2v) is 5.21. The summed E-state index contributed by atoms with van der Waals surface area (Å²) in [4.78, 5) is 4.29. The summed E-state index contributed by atoms with van der Waals surface area (Å²) in [6.45, 7) is 1.15. The molecular weight excluding hydrogens is 289 g/mol. The number of benzene rings is 1. The summed E-state index contributed by atoms with van der Waals surface area (Å²) in [6.07, 6.45) is -4.33. The van der Waals surface area contributed by atoms with E-state index in [1.54, 1.807) is 23.5 Å². The highest BCUT2D eigenvalue weighted by atomic mass is 32.1. The Morgan fingerprint density at radius 3 is 2.80 bits per heavy atom. The molecule has 7 heteroatoms. The fourth-order valence-electron chi connectivity index (χ4n) is 1.54. The number of aryl methyl sites for hydroxylation is 1. The second-order valence-electron chi connectivity index (χ2n) is 4.14. The summed E-state index contributed by atoms with van der Waals surface area (Å²) in [5.74, 6) is 0.182. The molecule has 1 aromatic heterocycles. The van der Waals surface area contributed by atoms with Crippen LogP contribution in [0.3, 0.4) is 0 Å². The Balaban J connectivity index is 1.92. The van der Waals surface area contributed by atoms with Gasteiger partial charge in [-0.1, -0.05) is 6.07 Å². The van der Waals surface area contributed by atoms with Gasteiger partial charge in [0.25, 0.3) is 0 Å². The fourth-order valence-corrected chi connectivity index (χ4v) is 2.16. The summed E-state index contributed by atoms with van der Waals surface area (Å²) in [5, 5.41) is 6.01. The van der Waals surface area contributed by atoms with Gasteiger partial charge in [0.15, 0.2) is 6.61 Å². The van der Waals surface area contributed by atoms with Gasteiger partial charge in [0.2, 0.25) is 0 Å². The molecule has 0 aliphatic heterocycles. The number of hydrogen-bond donors (Lipinski definition) is 1. The lowest BCUT2D eigenvalue weighted by atomic mass is 10.3. The number of hydrogen-bond acceptors (Lipinski definition) is 4. The molecule has 0 saturated heterocycles. The molecule has 0 fully saturated rings. The number of nitrogens with zero attached hydrogens (tertiary/aromatic N) is 1. The summed E-state index contributed by atoms with van der Waals surface area (Å²) < 4.78 is 40.9. The van der Waals surface area contributed by atoms with E-state index in [9.17, 15) is 13.2 Å². The maximum atomic E-state index is 12.1. The zero-order chi connectivity index (χ0) is 14.6. The van der Waals surface area contributed by atoms with E-state index < -0.39 is 12.8 Å². The summed E-state index contributed by atoms with van der Waals surface area (Å²) in [7, 11) is 0. The Morgan fingerprint density at radius 1 is 1.35 bits per heavy atom. The van der Waals surface area contributed by atoms with Gasteiger partial charge < -0.3 is 10.1 Å². The second kappa shape index (κ2) is 6.13. The number of aromatic nitrogens is 1. The third-order valence-electron chi connectivity index (χ3n) is 2.38. The number of ether oxygens (including phenoxy) is 1. The first-order valence-electron chi connectivity index (χ1n) is 5.87. The van der Waals surface area contributed by atoms with Gasteiger partial charge >= 0.3 is 6.18 Å². The third-order valence-corrected chi connectivity index (χ3v) is 3.20. The van der Waals surface area contributed by atoms with Gasteiger partial charge in [0, 0.05) is 17.1 Å². The van der Waals surface area contributed by atoms with Crippen molar-refractivity contribution < 1.29 is 17.9 Å². The van der Waals surface area contributed by atoms with Crippen LogP contribution < -0.4 is 10.1 Å². The van der Waals surface area contributed by atoms with Gasteiger partial charge in [-0.2, -0.15) is 13.2 Å². The lowest BCUT2D eigenvalue weighted by Gasteiger charge is -2.11. The minimum absolute atomic E-state index is 0.182. The summed E-state index contributed by atoms with van der Waals surface area (Å²) >= 11 is 1.55. The van der Waals surface area contributed by atoms with Gasteiger partial charge in [-0.25, -0.2) is 4.98 Å². The van der Waals surface area contributed by atoms with E-state index >= 15 is 0 Å². The molecule has 0 aliphatic rings. The predicted molar refractivity (Wildman–Crippen MR) is 72.2 cm³/mol. The molecule has 0 unspecified atom stereocenters. The van der Waals surface area contributed by atoms with E-state index in [1.807, 2.05) is 12.3 Å². The maximum Gasteiger partial charge on any atom is 0.422 e. The highest BCUT2D eigenvalue weighted by Gasteiger charge is 2.28. The number of nitrogens with one attached hydrogen (secondary N) is 1. The molecule has 108 valence electrons. The number of thiazole rings is 1. The van der Waals surface area contributed by atoms with Crippen LogP contribution in [0, 0.1) is 6.92 Å². The van der Waals surface area contributed by atoms with Crippen LogP contribution in [0.15, 0.2) is 29.6 Å². The van der Waals surface area contributed by atoms with E-state index in [0.29, 0.717) is 12.2 Å². The minimum Gasteiger partial charge on any atom is -0.484 e.